The largest absolute Gasteiger partial charge is 0.497 e. The summed E-state index contributed by atoms with van der Waals surface area (Å²) in [5.41, 5.74) is 0.735. The molecule has 0 bridgehead atoms. The van der Waals surface area contributed by atoms with Crippen LogP contribution in [0.3, 0.4) is 0 Å². The molecule has 0 aliphatic rings. The van der Waals surface area contributed by atoms with Crippen molar-refractivity contribution >= 4 is 35.8 Å². The van der Waals surface area contributed by atoms with E-state index in [2.05, 4.69) is 20.5 Å². The van der Waals surface area contributed by atoms with Gasteiger partial charge in [-0.3, -0.25) is 9.89 Å². The van der Waals surface area contributed by atoms with Crippen molar-refractivity contribution in [2.45, 2.75) is 5.16 Å². The molecule has 1 aromatic carbocycles. The topological polar surface area (TPSA) is 79.9 Å². The van der Waals surface area contributed by atoms with Gasteiger partial charge in [0.2, 0.25) is 5.91 Å². The second kappa shape index (κ2) is 7.65. The number of hydrogen-bond acceptors (Lipinski definition) is 5. The predicted molar refractivity (Wildman–Crippen MR) is 76.0 cm³/mol. The first kappa shape index (κ1) is 15.3. The molecule has 1 aromatic heterocycles. The normalized spacial score (nSPS) is 9.53. The van der Waals surface area contributed by atoms with E-state index in [1.807, 2.05) is 0 Å². The number of H-pyrrole nitrogens is 1. The van der Waals surface area contributed by atoms with Gasteiger partial charge >= 0.3 is 0 Å². The van der Waals surface area contributed by atoms with Crippen LogP contribution in [0.25, 0.3) is 0 Å². The maximum Gasteiger partial charge on any atom is 0.234 e. The lowest BCUT2D eigenvalue weighted by molar-refractivity contribution is -0.113. The quantitative estimate of drug-likeness (QED) is 0.825. The number of carbonyl (C=O) groups is 1. The summed E-state index contributed by atoms with van der Waals surface area (Å²) in [6.07, 6.45) is 1.41. The molecule has 0 saturated carbocycles. The summed E-state index contributed by atoms with van der Waals surface area (Å²) in [5.74, 6) is 0.937. The molecule has 0 aliphatic heterocycles. The summed E-state index contributed by atoms with van der Waals surface area (Å²) in [4.78, 5) is 15.6. The van der Waals surface area contributed by atoms with Crippen molar-refractivity contribution in [1.82, 2.24) is 15.2 Å². The Balaban J connectivity index is 0.00000180. The number of ether oxygens (including phenoxy) is 1. The van der Waals surface area contributed by atoms with Gasteiger partial charge in [-0.05, 0) is 24.3 Å². The minimum atomic E-state index is -0.0958. The number of benzene rings is 1. The molecule has 2 N–H and O–H groups in total. The van der Waals surface area contributed by atoms with Crippen molar-refractivity contribution in [2.24, 2.45) is 0 Å². The number of hydrogen-bond donors (Lipinski definition) is 2. The SMILES string of the molecule is COc1ccc(NC(=O)CSc2ncn[nH]2)cc1.Cl. The highest BCUT2D eigenvalue weighted by Crippen LogP contribution is 2.16. The number of nitrogens with one attached hydrogen (secondary N) is 2. The van der Waals surface area contributed by atoms with Crippen LogP contribution in [-0.2, 0) is 4.79 Å². The predicted octanol–water partition coefficient (Wildman–Crippen LogP) is 1.97. The third-order valence-electron chi connectivity index (χ3n) is 2.11. The first-order valence-corrected chi connectivity index (χ1v) is 6.18. The zero-order valence-corrected chi connectivity index (χ0v) is 11.8. The summed E-state index contributed by atoms with van der Waals surface area (Å²) in [6, 6.07) is 7.16. The van der Waals surface area contributed by atoms with E-state index < -0.39 is 0 Å². The number of thioether (sulfide) groups is 1. The molecule has 102 valence electrons. The van der Waals surface area contributed by atoms with Crippen molar-refractivity contribution < 1.29 is 9.53 Å². The number of nitrogens with zero attached hydrogens (tertiary/aromatic N) is 2. The van der Waals surface area contributed by atoms with Crippen LogP contribution in [0.4, 0.5) is 5.69 Å². The Morgan fingerprint density at radius 1 is 1.42 bits per heavy atom. The van der Waals surface area contributed by atoms with Gasteiger partial charge in [-0.1, -0.05) is 11.8 Å². The first-order valence-electron chi connectivity index (χ1n) is 5.20. The standard InChI is InChI=1S/C11H12N4O2S.ClH/c1-17-9-4-2-8(3-5-9)14-10(16)6-18-11-12-7-13-15-11;/h2-5,7H,6H2,1H3,(H,14,16)(H,12,13,15);1H. The average molecular weight is 301 g/mol. The molecular formula is C11H13ClN4O2S. The van der Waals surface area contributed by atoms with E-state index in [9.17, 15) is 4.79 Å². The van der Waals surface area contributed by atoms with Crippen LogP contribution in [0.5, 0.6) is 5.75 Å². The van der Waals surface area contributed by atoms with E-state index in [1.54, 1.807) is 31.4 Å². The van der Waals surface area contributed by atoms with Crippen LogP contribution in [0, 0.1) is 0 Å². The van der Waals surface area contributed by atoms with Gasteiger partial charge in [-0.15, -0.1) is 12.4 Å². The van der Waals surface area contributed by atoms with E-state index >= 15 is 0 Å². The van der Waals surface area contributed by atoms with Gasteiger partial charge in [0.25, 0.3) is 0 Å². The van der Waals surface area contributed by atoms with E-state index in [0.717, 1.165) is 11.4 Å². The highest BCUT2D eigenvalue weighted by atomic mass is 35.5. The number of carbonyl (C=O) groups excluding carboxylic acids is 1. The number of amides is 1. The number of methoxy groups -OCH3 is 1. The summed E-state index contributed by atoms with van der Waals surface area (Å²) >= 11 is 1.30. The van der Waals surface area contributed by atoms with Crippen molar-refractivity contribution in [3.05, 3.63) is 30.6 Å². The molecule has 0 fully saturated rings. The summed E-state index contributed by atoms with van der Waals surface area (Å²) in [5, 5.41) is 9.78. The fourth-order valence-electron chi connectivity index (χ4n) is 1.27. The molecule has 0 saturated heterocycles. The van der Waals surface area contributed by atoms with Crippen molar-refractivity contribution in [2.75, 3.05) is 18.2 Å². The van der Waals surface area contributed by atoms with E-state index in [1.165, 1.54) is 18.1 Å². The zero-order chi connectivity index (χ0) is 12.8. The smallest absolute Gasteiger partial charge is 0.234 e. The van der Waals surface area contributed by atoms with Gasteiger partial charge in [-0.25, -0.2) is 4.98 Å². The number of rotatable bonds is 5. The molecule has 2 aromatic rings. The Morgan fingerprint density at radius 2 is 2.16 bits per heavy atom. The summed E-state index contributed by atoms with van der Waals surface area (Å²) < 4.78 is 5.03. The Labute approximate surface area is 120 Å². The Morgan fingerprint density at radius 3 is 2.74 bits per heavy atom. The molecule has 1 heterocycles. The van der Waals surface area contributed by atoms with Crippen LogP contribution < -0.4 is 10.1 Å². The number of anilines is 1. The summed E-state index contributed by atoms with van der Waals surface area (Å²) in [6.45, 7) is 0. The van der Waals surface area contributed by atoms with E-state index in [-0.39, 0.29) is 24.1 Å². The number of aromatic nitrogens is 3. The fourth-order valence-corrected chi connectivity index (χ4v) is 1.85. The molecule has 19 heavy (non-hydrogen) atoms. The molecule has 8 heteroatoms. The summed E-state index contributed by atoms with van der Waals surface area (Å²) in [7, 11) is 1.60. The molecule has 0 spiro atoms. The Kier molecular flexibility index (Phi) is 6.17. The third kappa shape index (κ3) is 4.80. The molecule has 1 amide bonds. The van der Waals surface area contributed by atoms with Crippen LogP contribution >= 0.6 is 24.2 Å². The Hall–Kier alpha value is -1.73. The van der Waals surface area contributed by atoms with E-state index in [4.69, 9.17) is 4.74 Å². The maximum absolute atomic E-state index is 11.6. The van der Waals surface area contributed by atoms with Gasteiger partial charge in [-0.2, -0.15) is 5.10 Å². The van der Waals surface area contributed by atoms with Gasteiger partial charge in [0.15, 0.2) is 5.16 Å². The molecule has 0 unspecified atom stereocenters. The van der Waals surface area contributed by atoms with Gasteiger partial charge < -0.3 is 10.1 Å². The lowest BCUT2D eigenvalue weighted by atomic mass is 10.3. The minimum Gasteiger partial charge on any atom is -0.497 e. The average Bonchev–Trinajstić information content (AvgIpc) is 2.90. The molecule has 2 rings (SSSR count). The molecule has 6 nitrogen and oxygen atoms in total. The third-order valence-corrected chi connectivity index (χ3v) is 2.98. The number of halogens is 1. The maximum atomic E-state index is 11.6. The van der Waals surface area contributed by atoms with Gasteiger partial charge in [0, 0.05) is 5.69 Å². The zero-order valence-electron chi connectivity index (χ0n) is 10.1. The lowest BCUT2D eigenvalue weighted by Gasteiger charge is -2.05. The van der Waals surface area contributed by atoms with Crippen LogP contribution in [0.1, 0.15) is 0 Å². The second-order valence-electron chi connectivity index (χ2n) is 3.36. The second-order valence-corrected chi connectivity index (χ2v) is 4.32. The van der Waals surface area contributed by atoms with Crippen molar-refractivity contribution in [3.63, 3.8) is 0 Å². The van der Waals surface area contributed by atoms with Crippen LogP contribution in [-0.4, -0.2) is 34.0 Å². The van der Waals surface area contributed by atoms with Crippen molar-refractivity contribution in [3.8, 4) is 5.75 Å². The highest BCUT2D eigenvalue weighted by molar-refractivity contribution is 7.99. The number of aromatic amines is 1. The van der Waals surface area contributed by atoms with E-state index in [0.29, 0.717) is 5.16 Å². The molecule has 0 radical (unpaired) electrons. The molecule has 0 aliphatic carbocycles. The highest BCUT2D eigenvalue weighted by Gasteiger charge is 2.05. The van der Waals surface area contributed by atoms with Gasteiger partial charge in [0.05, 0.1) is 12.9 Å². The fraction of sp³-hybridized carbons (Fsp3) is 0.182. The Bertz CT molecular complexity index is 504. The van der Waals surface area contributed by atoms with Gasteiger partial charge in [0.1, 0.15) is 12.1 Å². The van der Waals surface area contributed by atoms with Crippen LogP contribution in [0.15, 0.2) is 35.7 Å². The first-order chi connectivity index (χ1) is 8.78. The molecule has 0 atom stereocenters. The lowest BCUT2D eigenvalue weighted by Crippen LogP contribution is -2.14. The van der Waals surface area contributed by atoms with Crippen molar-refractivity contribution in [1.29, 1.82) is 0 Å². The molecular weight excluding hydrogens is 288 g/mol. The minimum absolute atomic E-state index is 0. The van der Waals surface area contributed by atoms with Crippen LogP contribution in [0.2, 0.25) is 0 Å². The monoisotopic (exact) mass is 300 g/mol.